The lowest BCUT2D eigenvalue weighted by Crippen LogP contribution is -2.35. The average molecular weight is 222 g/mol. The van der Waals surface area contributed by atoms with Gasteiger partial charge in [0, 0.05) is 32.1 Å². The normalized spacial score (nSPS) is 15.1. The maximum Gasteiger partial charge on any atom is 0.249 e. The Morgan fingerprint density at radius 1 is 1.62 bits per heavy atom. The standard InChI is InChI=1S/C12H18N2O2/c1-13-7-3-4-11(13)8-14(10-5-6-10)12(15)9-16-2/h3-4,7,10H,5-6,8-9H2,1-2H3. The van der Waals surface area contributed by atoms with Gasteiger partial charge in [-0.3, -0.25) is 4.79 Å². The molecule has 4 heteroatoms. The third-order valence-electron chi connectivity index (χ3n) is 2.96. The van der Waals surface area contributed by atoms with E-state index in [1.54, 1.807) is 7.11 Å². The van der Waals surface area contributed by atoms with Gasteiger partial charge in [0.05, 0.1) is 6.54 Å². The molecule has 0 bridgehead atoms. The van der Waals surface area contributed by atoms with Crippen LogP contribution in [0.4, 0.5) is 0 Å². The molecule has 0 atom stereocenters. The largest absolute Gasteiger partial charge is 0.375 e. The van der Waals surface area contributed by atoms with Crippen molar-refractivity contribution in [3.63, 3.8) is 0 Å². The third-order valence-corrected chi connectivity index (χ3v) is 2.96. The molecule has 0 unspecified atom stereocenters. The molecule has 1 saturated carbocycles. The van der Waals surface area contributed by atoms with Gasteiger partial charge in [0.1, 0.15) is 6.61 Å². The average Bonchev–Trinajstić information content (AvgIpc) is 3.00. The van der Waals surface area contributed by atoms with Crippen LogP contribution in [0.2, 0.25) is 0 Å². The number of aromatic nitrogens is 1. The van der Waals surface area contributed by atoms with Crippen LogP contribution in [0.1, 0.15) is 18.5 Å². The fourth-order valence-electron chi connectivity index (χ4n) is 1.85. The maximum atomic E-state index is 11.9. The zero-order valence-corrected chi connectivity index (χ0v) is 9.85. The summed E-state index contributed by atoms with van der Waals surface area (Å²) in [5, 5.41) is 0. The molecule has 0 aromatic carbocycles. The number of methoxy groups -OCH3 is 1. The zero-order chi connectivity index (χ0) is 11.5. The molecule has 0 spiro atoms. The molecule has 16 heavy (non-hydrogen) atoms. The molecule has 1 aromatic heterocycles. The lowest BCUT2D eigenvalue weighted by Gasteiger charge is -2.22. The van der Waals surface area contributed by atoms with Crippen molar-refractivity contribution in [1.29, 1.82) is 0 Å². The summed E-state index contributed by atoms with van der Waals surface area (Å²) in [6, 6.07) is 4.48. The van der Waals surface area contributed by atoms with Crippen molar-refractivity contribution in [3.8, 4) is 0 Å². The minimum absolute atomic E-state index is 0.0891. The number of carbonyl (C=O) groups is 1. The fourth-order valence-corrected chi connectivity index (χ4v) is 1.85. The molecule has 1 aliphatic carbocycles. The van der Waals surface area contributed by atoms with Gasteiger partial charge < -0.3 is 14.2 Å². The highest BCUT2D eigenvalue weighted by atomic mass is 16.5. The Hall–Kier alpha value is -1.29. The van der Waals surface area contributed by atoms with E-state index < -0.39 is 0 Å². The SMILES string of the molecule is COCC(=O)N(Cc1cccn1C)C1CC1. The van der Waals surface area contributed by atoms with Crippen LogP contribution >= 0.6 is 0 Å². The van der Waals surface area contributed by atoms with Crippen molar-refractivity contribution in [2.75, 3.05) is 13.7 Å². The van der Waals surface area contributed by atoms with Gasteiger partial charge in [-0.25, -0.2) is 0 Å². The Morgan fingerprint density at radius 3 is 2.88 bits per heavy atom. The first-order valence-electron chi connectivity index (χ1n) is 5.61. The van der Waals surface area contributed by atoms with E-state index in [1.807, 2.05) is 24.2 Å². The Balaban J connectivity index is 2.03. The molecule has 1 aromatic rings. The predicted molar refractivity (Wildman–Crippen MR) is 60.9 cm³/mol. The summed E-state index contributed by atoms with van der Waals surface area (Å²) < 4.78 is 6.96. The van der Waals surface area contributed by atoms with Crippen molar-refractivity contribution in [2.45, 2.75) is 25.4 Å². The van der Waals surface area contributed by atoms with Crippen molar-refractivity contribution in [2.24, 2.45) is 7.05 Å². The second-order valence-corrected chi connectivity index (χ2v) is 4.30. The van der Waals surface area contributed by atoms with Gasteiger partial charge in [0.25, 0.3) is 0 Å². The van der Waals surface area contributed by atoms with Crippen LogP contribution in [0.3, 0.4) is 0 Å². The summed E-state index contributed by atoms with van der Waals surface area (Å²) in [5.74, 6) is 0.0891. The van der Waals surface area contributed by atoms with Crippen LogP contribution in [0, 0.1) is 0 Å². The highest BCUT2D eigenvalue weighted by molar-refractivity contribution is 5.78. The van der Waals surface area contributed by atoms with Crippen molar-refractivity contribution >= 4 is 5.91 Å². The maximum absolute atomic E-state index is 11.9. The smallest absolute Gasteiger partial charge is 0.249 e. The van der Waals surface area contributed by atoms with Crippen molar-refractivity contribution in [3.05, 3.63) is 24.0 Å². The Labute approximate surface area is 95.8 Å². The second kappa shape index (κ2) is 4.70. The van der Waals surface area contributed by atoms with E-state index in [0.29, 0.717) is 12.6 Å². The van der Waals surface area contributed by atoms with Crippen LogP contribution in [-0.4, -0.2) is 35.1 Å². The highest BCUT2D eigenvalue weighted by Gasteiger charge is 2.32. The van der Waals surface area contributed by atoms with Crippen LogP contribution in [0.5, 0.6) is 0 Å². The number of rotatable bonds is 5. The number of ether oxygens (including phenoxy) is 1. The predicted octanol–water partition coefficient (Wildman–Crippen LogP) is 1.16. The van der Waals surface area contributed by atoms with E-state index in [9.17, 15) is 4.79 Å². The summed E-state index contributed by atoms with van der Waals surface area (Å²) in [4.78, 5) is 13.8. The van der Waals surface area contributed by atoms with Gasteiger partial charge in [-0.1, -0.05) is 0 Å². The van der Waals surface area contributed by atoms with E-state index in [4.69, 9.17) is 4.74 Å². The van der Waals surface area contributed by atoms with Crippen LogP contribution in [-0.2, 0) is 23.1 Å². The van der Waals surface area contributed by atoms with Gasteiger partial charge in [-0.05, 0) is 25.0 Å². The fraction of sp³-hybridized carbons (Fsp3) is 0.583. The minimum Gasteiger partial charge on any atom is -0.375 e. The van der Waals surface area contributed by atoms with Crippen molar-refractivity contribution in [1.82, 2.24) is 9.47 Å². The quantitative estimate of drug-likeness (QED) is 0.749. The number of aryl methyl sites for hydroxylation is 1. The first-order valence-corrected chi connectivity index (χ1v) is 5.61. The van der Waals surface area contributed by atoms with Gasteiger partial charge in [0.2, 0.25) is 5.91 Å². The molecule has 0 saturated heterocycles. The van der Waals surface area contributed by atoms with Gasteiger partial charge in [0.15, 0.2) is 0 Å². The number of nitrogens with zero attached hydrogens (tertiary/aromatic N) is 2. The van der Waals surface area contributed by atoms with Crippen molar-refractivity contribution < 1.29 is 9.53 Å². The van der Waals surface area contributed by atoms with Crippen LogP contribution < -0.4 is 0 Å². The van der Waals surface area contributed by atoms with Gasteiger partial charge in [-0.2, -0.15) is 0 Å². The molecular weight excluding hydrogens is 204 g/mol. The molecule has 1 amide bonds. The lowest BCUT2D eigenvalue weighted by atomic mass is 10.3. The number of hydrogen-bond acceptors (Lipinski definition) is 2. The molecular formula is C12H18N2O2. The van der Waals surface area contributed by atoms with E-state index in [1.165, 1.54) is 0 Å². The topological polar surface area (TPSA) is 34.5 Å². The van der Waals surface area contributed by atoms with E-state index in [0.717, 1.165) is 18.5 Å². The molecule has 1 heterocycles. The number of hydrogen-bond donors (Lipinski definition) is 0. The summed E-state index contributed by atoms with van der Waals surface area (Å²) in [7, 11) is 3.56. The molecule has 4 nitrogen and oxygen atoms in total. The second-order valence-electron chi connectivity index (χ2n) is 4.30. The molecule has 0 radical (unpaired) electrons. The molecule has 88 valence electrons. The molecule has 1 fully saturated rings. The Bertz CT molecular complexity index is 369. The minimum atomic E-state index is 0.0891. The summed E-state index contributed by atoms with van der Waals surface area (Å²) in [6.07, 6.45) is 4.25. The first kappa shape index (κ1) is 11.2. The monoisotopic (exact) mass is 222 g/mol. The molecule has 1 aliphatic rings. The third kappa shape index (κ3) is 2.44. The van der Waals surface area contributed by atoms with Crippen LogP contribution in [0.15, 0.2) is 18.3 Å². The summed E-state index contributed by atoms with van der Waals surface area (Å²) in [6.45, 7) is 0.872. The van der Waals surface area contributed by atoms with Crippen LogP contribution in [0.25, 0.3) is 0 Å². The lowest BCUT2D eigenvalue weighted by molar-refractivity contribution is -0.136. The number of amides is 1. The van der Waals surface area contributed by atoms with E-state index in [-0.39, 0.29) is 12.5 Å². The summed E-state index contributed by atoms with van der Waals surface area (Å²) in [5.41, 5.74) is 1.16. The molecule has 0 N–H and O–H groups in total. The molecule has 2 rings (SSSR count). The number of carbonyl (C=O) groups excluding carboxylic acids is 1. The molecule has 0 aliphatic heterocycles. The van der Waals surface area contributed by atoms with E-state index in [2.05, 4.69) is 10.6 Å². The van der Waals surface area contributed by atoms with Gasteiger partial charge >= 0.3 is 0 Å². The van der Waals surface area contributed by atoms with E-state index >= 15 is 0 Å². The Kier molecular flexibility index (Phi) is 3.29. The summed E-state index contributed by atoms with van der Waals surface area (Å²) >= 11 is 0. The zero-order valence-electron chi connectivity index (χ0n) is 9.85. The highest BCUT2D eigenvalue weighted by Crippen LogP contribution is 2.28. The Morgan fingerprint density at radius 2 is 2.38 bits per heavy atom. The van der Waals surface area contributed by atoms with Gasteiger partial charge in [-0.15, -0.1) is 0 Å². The first-order chi connectivity index (χ1) is 7.72.